The van der Waals surface area contributed by atoms with Gasteiger partial charge in [0.1, 0.15) is 5.54 Å². The molecule has 156 valence electrons. The van der Waals surface area contributed by atoms with Crippen LogP contribution < -0.4 is 20.2 Å². The largest absolute Gasteiger partial charge is 0.454 e. The highest BCUT2D eigenvalue weighted by molar-refractivity contribution is 5.90. The van der Waals surface area contributed by atoms with E-state index in [9.17, 15) is 4.79 Å². The summed E-state index contributed by atoms with van der Waals surface area (Å²) in [5.41, 5.74) is 5.07. The van der Waals surface area contributed by atoms with Crippen LogP contribution >= 0.6 is 0 Å². The van der Waals surface area contributed by atoms with E-state index in [2.05, 4.69) is 34.0 Å². The van der Waals surface area contributed by atoms with Crippen molar-refractivity contribution in [2.75, 3.05) is 6.79 Å². The molecule has 1 unspecified atom stereocenters. The van der Waals surface area contributed by atoms with E-state index in [4.69, 9.17) is 9.47 Å². The van der Waals surface area contributed by atoms with Crippen LogP contribution in [0.5, 0.6) is 11.5 Å². The summed E-state index contributed by atoms with van der Waals surface area (Å²) in [6.07, 6.45) is 8.49. The summed E-state index contributed by atoms with van der Waals surface area (Å²) >= 11 is 0. The zero-order valence-electron chi connectivity index (χ0n) is 17.2. The minimum atomic E-state index is -0.821. The van der Waals surface area contributed by atoms with Crippen LogP contribution in [0.3, 0.4) is 0 Å². The number of ether oxygens (including phenoxy) is 2. The van der Waals surface area contributed by atoms with Crippen molar-refractivity contribution in [3.63, 3.8) is 0 Å². The van der Waals surface area contributed by atoms with Crippen LogP contribution in [-0.4, -0.2) is 24.5 Å². The first-order chi connectivity index (χ1) is 14.6. The molecule has 5 rings (SSSR count). The summed E-state index contributed by atoms with van der Waals surface area (Å²) in [4.78, 5) is 13.4. The number of amides is 1. The zero-order valence-corrected chi connectivity index (χ0v) is 17.2. The predicted molar refractivity (Wildman–Crippen MR) is 115 cm³/mol. The number of carbonyl (C=O) groups excluding carboxylic acids is 1. The van der Waals surface area contributed by atoms with Gasteiger partial charge in [-0.2, -0.15) is 5.10 Å². The van der Waals surface area contributed by atoms with E-state index in [-0.39, 0.29) is 18.2 Å². The summed E-state index contributed by atoms with van der Waals surface area (Å²) in [6.45, 7) is 2.21. The predicted octanol–water partition coefficient (Wildman–Crippen LogP) is 3.63. The minimum Gasteiger partial charge on any atom is -0.454 e. The lowest BCUT2D eigenvalue weighted by molar-refractivity contribution is -0.129. The number of hydrazone groups is 1. The van der Waals surface area contributed by atoms with E-state index < -0.39 is 5.54 Å². The molecule has 2 heterocycles. The van der Waals surface area contributed by atoms with Gasteiger partial charge in [0.25, 0.3) is 5.91 Å². The lowest BCUT2D eigenvalue weighted by Gasteiger charge is -2.49. The molecule has 1 saturated carbocycles. The van der Waals surface area contributed by atoms with Gasteiger partial charge in [0, 0.05) is 5.54 Å². The molecule has 1 atom stereocenters. The molecule has 3 aliphatic rings. The van der Waals surface area contributed by atoms with E-state index in [1.54, 1.807) is 6.21 Å². The average molecular weight is 405 g/mol. The van der Waals surface area contributed by atoms with E-state index in [1.807, 2.05) is 31.2 Å². The Morgan fingerprint density at radius 2 is 1.90 bits per heavy atom. The van der Waals surface area contributed by atoms with Gasteiger partial charge in [-0.1, -0.05) is 43.5 Å². The molecule has 0 bridgehead atoms. The maximum Gasteiger partial charge on any atom is 0.264 e. The fourth-order valence-electron chi connectivity index (χ4n) is 5.15. The highest BCUT2D eigenvalue weighted by Gasteiger charge is 2.48. The van der Waals surface area contributed by atoms with Gasteiger partial charge in [-0.25, -0.2) is 5.43 Å². The van der Waals surface area contributed by atoms with Gasteiger partial charge in [-0.15, -0.1) is 0 Å². The highest BCUT2D eigenvalue weighted by Crippen LogP contribution is 2.41. The Kier molecular flexibility index (Phi) is 4.74. The molecule has 30 heavy (non-hydrogen) atoms. The number of hydrogen-bond acceptors (Lipinski definition) is 5. The lowest BCUT2D eigenvalue weighted by Crippen LogP contribution is -2.65. The first kappa shape index (κ1) is 19.1. The van der Waals surface area contributed by atoms with Crippen LogP contribution in [0.2, 0.25) is 0 Å². The van der Waals surface area contributed by atoms with Crippen molar-refractivity contribution in [2.45, 2.75) is 56.5 Å². The third-order valence-electron chi connectivity index (χ3n) is 6.64. The Morgan fingerprint density at radius 1 is 1.10 bits per heavy atom. The molecule has 0 radical (unpaired) electrons. The van der Waals surface area contributed by atoms with Gasteiger partial charge in [-0.05, 0) is 61.1 Å². The fraction of sp³-hybridized carbons (Fsp3) is 0.417. The third-order valence-corrected chi connectivity index (χ3v) is 6.64. The Labute approximate surface area is 176 Å². The Hall–Kier alpha value is -2.86. The quantitative estimate of drug-likeness (QED) is 0.604. The number of benzene rings is 2. The second kappa shape index (κ2) is 7.43. The molecule has 1 amide bonds. The summed E-state index contributed by atoms with van der Waals surface area (Å²) in [7, 11) is 0. The molecule has 2 aliphatic heterocycles. The average Bonchev–Trinajstić information content (AvgIpc) is 3.22. The first-order valence-electron chi connectivity index (χ1n) is 10.7. The van der Waals surface area contributed by atoms with Gasteiger partial charge in [0.2, 0.25) is 6.79 Å². The first-order valence-corrected chi connectivity index (χ1v) is 10.7. The summed E-state index contributed by atoms with van der Waals surface area (Å²) in [5.74, 6) is 1.28. The van der Waals surface area contributed by atoms with Gasteiger partial charge in [0.15, 0.2) is 11.5 Å². The number of rotatable bonds is 3. The molecule has 2 aromatic rings. The topological polar surface area (TPSA) is 72.0 Å². The molecule has 1 fully saturated rings. The molecular weight excluding hydrogens is 378 g/mol. The van der Waals surface area contributed by atoms with Gasteiger partial charge in [0.05, 0.1) is 6.21 Å². The van der Waals surface area contributed by atoms with Crippen molar-refractivity contribution in [3.05, 3.63) is 59.2 Å². The number of fused-ring (bicyclic) bond motifs is 2. The number of carbonyl (C=O) groups is 1. The SMILES string of the molecule is CC1(C(=O)N/N=C/c2ccc3c(c2)OCO3)NC2(CCCCC2)Cc2ccccc21. The Balaban J connectivity index is 1.38. The third kappa shape index (κ3) is 3.35. The summed E-state index contributed by atoms with van der Waals surface area (Å²) in [6, 6.07) is 13.9. The van der Waals surface area contributed by atoms with E-state index in [1.165, 1.54) is 24.8 Å². The van der Waals surface area contributed by atoms with E-state index in [0.717, 1.165) is 36.1 Å². The summed E-state index contributed by atoms with van der Waals surface area (Å²) in [5, 5.41) is 7.99. The van der Waals surface area contributed by atoms with Crippen LogP contribution in [0.4, 0.5) is 0 Å². The minimum absolute atomic E-state index is 0.0142. The van der Waals surface area contributed by atoms with Crippen molar-refractivity contribution >= 4 is 12.1 Å². The van der Waals surface area contributed by atoms with Crippen LogP contribution in [0.1, 0.15) is 55.7 Å². The number of hydrogen-bond donors (Lipinski definition) is 2. The molecular formula is C24H27N3O3. The van der Waals surface area contributed by atoms with Gasteiger partial charge >= 0.3 is 0 Å². The maximum absolute atomic E-state index is 13.4. The molecule has 1 aliphatic carbocycles. The fourth-order valence-corrected chi connectivity index (χ4v) is 5.15. The van der Waals surface area contributed by atoms with Crippen LogP contribution in [0.25, 0.3) is 0 Å². The zero-order chi connectivity index (χ0) is 20.6. The van der Waals surface area contributed by atoms with Gasteiger partial charge in [-0.3, -0.25) is 10.1 Å². The molecule has 0 saturated heterocycles. The van der Waals surface area contributed by atoms with Crippen molar-refractivity contribution in [3.8, 4) is 11.5 Å². The molecule has 2 aromatic carbocycles. The lowest BCUT2D eigenvalue weighted by atomic mass is 9.69. The normalized spacial score (nSPS) is 24.0. The monoisotopic (exact) mass is 405 g/mol. The van der Waals surface area contributed by atoms with Crippen LogP contribution in [0, 0.1) is 0 Å². The Morgan fingerprint density at radius 3 is 2.77 bits per heavy atom. The van der Waals surface area contributed by atoms with Crippen molar-refractivity contribution < 1.29 is 14.3 Å². The second-order valence-corrected chi connectivity index (χ2v) is 8.74. The molecule has 6 heteroatoms. The summed E-state index contributed by atoms with van der Waals surface area (Å²) < 4.78 is 10.7. The van der Waals surface area contributed by atoms with Crippen LogP contribution in [-0.2, 0) is 16.8 Å². The molecule has 2 N–H and O–H groups in total. The highest BCUT2D eigenvalue weighted by atomic mass is 16.7. The molecule has 1 spiro atoms. The maximum atomic E-state index is 13.4. The molecule has 6 nitrogen and oxygen atoms in total. The van der Waals surface area contributed by atoms with E-state index >= 15 is 0 Å². The van der Waals surface area contributed by atoms with Gasteiger partial charge < -0.3 is 9.47 Å². The van der Waals surface area contributed by atoms with E-state index in [0.29, 0.717) is 5.75 Å². The van der Waals surface area contributed by atoms with Crippen molar-refractivity contribution in [1.29, 1.82) is 0 Å². The van der Waals surface area contributed by atoms with Crippen molar-refractivity contribution in [1.82, 2.24) is 10.7 Å². The van der Waals surface area contributed by atoms with Crippen LogP contribution in [0.15, 0.2) is 47.6 Å². The smallest absolute Gasteiger partial charge is 0.264 e. The van der Waals surface area contributed by atoms with Crippen molar-refractivity contribution in [2.24, 2.45) is 5.10 Å². The standard InChI is InChI=1S/C24H27N3O3/c1-23(22(28)26-25-15-17-9-10-20-21(13-17)30-16-29-20)19-8-4-3-7-18(19)14-24(27-23)11-5-2-6-12-24/h3-4,7-10,13,15,27H,2,5-6,11-12,14,16H2,1H3,(H,26,28)/b25-15+. The number of nitrogens with one attached hydrogen (secondary N) is 2. The molecule has 0 aromatic heterocycles. The Bertz CT molecular complexity index is 997. The number of nitrogens with zero attached hydrogens (tertiary/aromatic N) is 1. The second-order valence-electron chi connectivity index (χ2n) is 8.74.